The number of hydrogen-bond acceptors (Lipinski definition) is 3. The van der Waals surface area contributed by atoms with Crippen LogP contribution in [0.2, 0.25) is 0 Å². The van der Waals surface area contributed by atoms with Crippen LogP contribution in [0.25, 0.3) is 0 Å². The Kier molecular flexibility index (Phi) is 5.64. The van der Waals surface area contributed by atoms with Crippen LogP contribution in [-0.4, -0.2) is 18.0 Å². The van der Waals surface area contributed by atoms with Gasteiger partial charge < -0.3 is 5.32 Å². The summed E-state index contributed by atoms with van der Waals surface area (Å²) in [5.74, 6) is 0.395. The molecule has 0 saturated carbocycles. The van der Waals surface area contributed by atoms with Crippen LogP contribution < -0.4 is 16.2 Å². The van der Waals surface area contributed by atoms with Crippen molar-refractivity contribution in [2.24, 2.45) is 5.92 Å². The lowest BCUT2D eigenvalue weighted by molar-refractivity contribution is -0.137. The minimum Gasteiger partial charge on any atom is -0.351 e. The number of benzene rings is 1. The highest BCUT2D eigenvalue weighted by Gasteiger charge is 2.30. The molecule has 1 aromatic carbocycles. The number of rotatable bonds is 5. The maximum Gasteiger partial charge on any atom is 0.416 e. The van der Waals surface area contributed by atoms with Crippen LogP contribution >= 0.6 is 0 Å². The van der Waals surface area contributed by atoms with Gasteiger partial charge in [-0.05, 0) is 36.5 Å². The number of amides is 1. The highest BCUT2D eigenvalue weighted by molar-refractivity contribution is 5.82. The van der Waals surface area contributed by atoms with E-state index in [0.717, 1.165) is 18.6 Å². The molecule has 7 heteroatoms. The molecule has 128 valence electrons. The van der Waals surface area contributed by atoms with E-state index in [2.05, 4.69) is 30.0 Å². The van der Waals surface area contributed by atoms with Crippen molar-refractivity contribution in [1.82, 2.24) is 16.2 Å². The minimum atomic E-state index is -4.34. The normalized spacial score (nSPS) is 21.7. The Morgan fingerprint density at radius 3 is 2.48 bits per heavy atom. The molecule has 0 aromatic heterocycles. The van der Waals surface area contributed by atoms with Crippen LogP contribution in [0.1, 0.15) is 37.8 Å². The highest BCUT2D eigenvalue weighted by atomic mass is 19.4. The SMILES string of the molecule is CC(C)CC1CC(C(=O)NCc2ccc(C(F)(F)F)cc2)NN1. The largest absolute Gasteiger partial charge is 0.416 e. The average Bonchev–Trinajstić information content (AvgIpc) is 2.92. The Morgan fingerprint density at radius 2 is 1.91 bits per heavy atom. The summed E-state index contributed by atoms with van der Waals surface area (Å²) in [6, 6.07) is 4.76. The molecule has 1 fully saturated rings. The van der Waals surface area contributed by atoms with Crippen molar-refractivity contribution >= 4 is 5.91 Å². The highest BCUT2D eigenvalue weighted by Crippen LogP contribution is 2.29. The van der Waals surface area contributed by atoms with Crippen LogP contribution in [0.15, 0.2) is 24.3 Å². The molecule has 23 heavy (non-hydrogen) atoms. The van der Waals surface area contributed by atoms with Gasteiger partial charge in [-0.2, -0.15) is 13.2 Å². The van der Waals surface area contributed by atoms with E-state index in [1.807, 2.05) is 0 Å². The Morgan fingerprint density at radius 1 is 1.26 bits per heavy atom. The lowest BCUT2D eigenvalue weighted by Crippen LogP contribution is -2.43. The van der Waals surface area contributed by atoms with Crippen LogP contribution in [0, 0.1) is 5.92 Å². The van der Waals surface area contributed by atoms with E-state index >= 15 is 0 Å². The molecular weight excluding hydrogens is 307 g/mol. The van der Waals surface area contributed by atoms with E-state index in [-0.39, 0.29) is 24.5 Å². The molecule has 4 nitrogen and oxygen atoms in total. The fraction of sp³-hybridized carbons (Fsp3) is 0.562. The Labute approximate surface area is 133 Å². The topological polar surface area (TPSA) is 53.2 Å². The van der Waals surface area contributed by atoms with Crippen LogP contribution in [0.3, 0.4) is 0 Å². The number of halogens is 3. The summed E-state index contributed by atoms with van der Waals surface area (Å²) in [6.07, 6.45) is -2.65. The van der Waals surface area contributed by atoms with Crippen molar-refractivity contribution < 1.29 is 18.0 Å². The van der Waals surface area contributed by atoms with E-state index in [0.29, 0.717) is 17.9 Å². The first kappa shape index (κ1) is 17.7. The molecule has 2 atom stereocenters. The molecule has 2 rings (SSSR count). The monoisotopic (exact) mass is 329 g/mol. The van der Waals surface area contributed by atoms with Crippen molar-refractivity contribution in [2.75, 3.05) is 0 Å². The molecule has 1 heterocycles. The quantitative estimate of drug-likeness (QED) is 0.778. The number of hydrogen-bond donors (Lipinski definition) is 3. The third-order valence-electron chi connectivity index (χ3n) is 3.80. The van der Waals surface area contributed by atoms with Gasteiger partial charge in [0.2, 0.25) is 5.91 Å². The lowest BCUT2D eigenvalue weighted by atomic mass is 10.00. The second kappa shape index (κ2) is 7.31. The molecule has 0 bridgehead atoms. The molecule has 0 radical (unpaired) electrons. The fourth-order valence-corrected chi connectivity index (χ4v) is 2.64. The summed E-state index contributed by atoms with van der Waals surface area (Å²) >= 11 is 0. The molecule has 0 aliphatic carbocycles. The molecule has 3 N–H and O–H groups in total. The van der Waals surface area contributed by atoms with Gasteiger partial charge in [-0.25, -0.2) is 5.43 Å². The number of carbonyl (C=O) groups excluding carboxylic acids is 1. The third kappa shape index (κ3) is 5.21. The summed E-state index contributed by atoms with van der Waals surface area (Å²) < 4.78 is 37.4. The van der Waals surface area contributed by atoms with Gasteiger partial charge in [0.05, 0.1) is 5.56 Å². The zero-order valence-corrected chi connectivity index (χ0v) is 13.2. The number of nitrogens with one attached hydrogen (secondary N) is 3. The minimum absolute atomic E-state index is 0.149. The van der Waals surface area contributed by atoms with Gasteiger partial charge in [0, 0.05) is 12.6 Å². The van der Waals surface area contributed by atoms with Gasteiger partial charge in [-0.15, -0.1) is 0 Å². The second-order valence-corrected chi connectivity index (χ2v) is 6.32. The summed E-state index contributed by atoms with van der Waals surface area (Å²) in [5.41, 5.74) is 6.02. The first-order valence-electron chi connectivity index (χ1n) is 7.70. The van der Waals surface area contributed by atoms with Crippen LogP contribution in [0.4, 0.5) is 13.2 Å². The van der Waals surface area contributed by atoms with E-state index in [1.54, 1.807) is 0 Å². The van der Waals surface area contributed by atoms with E-state index < -0.39 is 11.7 Å². The molecule has 0 spiro atoms. The van der Waals surface area contributed by atoms with Crippen molar-refractivity contribution in [1.29, 1.82) is 0 Å². The van der Waals surface area contributed by atoms with Crippen LogP contribution in [-0.2, 0) is 17.5 Å². The fourth-order valence-electron chi connectivity index (χ4n) is 2.64. The number of hydrazine groups is 1. The Hall–Kier alpha value is -1.60. The van der Waals surface area contributed by atoms with Crippen LogP contribution in [0.5, 0.6) is 0 Å². The van der Waals surface area contributed by atoms with Crippen molar-refractivity contribution in [2.45, 2.75) is 51.5 Å². The first-order chi connectivity index (χ1) is 10.8. The predicted octanol–water partition coefficient (Wildman–Crippen LogP) is 2.60. The maximum absolute atomic E-state index is 12.5. The van der Waals surface area contributed by atoms with E-state index in [9.17, 15) is 18.0 Å². The third-order valence-corrected chi connectivity index (χ3v) is 3.80. The molecule has 1 aromatic rings. The molecule has 1 aliphatic rings. The molecule has 1 amide bonds. The molecule has 1 aliphatic heterocycles. The molecule has 2 unspecified atom stereocenters. The Balaban J connectivity index is 1.81. The van der Waals surface area contributed by atoms with Crippen molar-refractivity contribution in [3.05, 3.63) is 35.4 Å². The molecule has 1 saturated heterocycles. The summed E-state index contributed by atoms with van der Waals surface area (Å²) in [6.45, 7) is 4.46. The van der Waals surface area contributed by atoms with Crippen molar-refractivity contribution in [3.63, 3.8) is 0 Å². The Bertz CT molecular complexity index is 528. The summed E-state index contributed by atoms with van der Waals surface area (Å²) in [7, 11) is 0. The van der Waals surface area contributed by atoms with E-state index in [1.165, 1.54) is 12.1 Å². The van der Waals surface area contributed by atoms with Gasteiger partial charge in [-0.1, -0.05) is 26.0 Å². The summed E-state index contributed by atoms with van der Waals surface area (Å²) in [5, 5.41) is 2.75. The van der Waals surface area contributed by atoms with Gasteiger partial charge in [0.1, 0.15) is 6.04 Å². The standard InChI is InChI=1S/C16H22F3N3O/c1-10(2)7-13-8-14(22-21-13)15(23)20-9-11-3-5-12(6-4-11)16(17,18)19/h3-6,10,13-14,21-22H,7-9H2,1-2H3,(H,20,23). The maximum atomic E-state index is 12.5. The average molecular weight is 329 g/mol. The van der Waals surface area contributed by atoms with Gasteiger partial charge in [-0.3, -0.25) is 10.2 Å². The zero-order chi connectivity index (χ0) is 17.0. The first-order valence-corrected chi connectivity index (χ1v) is 7.70. The van der Waals surface area contributed by atoms with Gasteiger partial charge >= 0.3 is 6.18 Å². The van der Waals surface area contributed by atoms with Crippen molar-refractivity contribution in [3.8, 4) is 0 Å². The predicted molar refractivity (Wildman–Crippen MR) is 81.2 cm³/mol. The zero-order valence-electron chi connectivity index (χ0n) is 13.2. The lowest BCUT2D eigenvalue weighted by Gasteiger charge is -2.12. The summed E-state index contributed by atoms with van der Waals surface area (Å²) in [4.78, 5) is 12.1. The molecular formula is C16H22F3N3O. The van der Waals surface area contributed by atoms with Gasteiger partial charge in [0.15, 0.2) is 0 Å². The smallest absolute Gasteiger partial charge is 0.351 e. The second-order valence-electron chi connectivity index (χ2n) is 6.32. The number of carbonyl (C=O) groups is 1. The number of alkyl halides is 3. The van der Waals surface area contributed by atoms with E-state index in [4.69, 9.17) is 0 Å². The van der Waals surface area contributed by atoms with Gasteiger partial charge in [0.25, 0.3) is 0 Å².